The van der Waals surface area contributed by atoms with Crippen molar-refractivity contribution in [3.63, 3.8) is 0 Å². The number of benzene rings is 2. The Bertz CT molecular complexity index is 1670. The Balaban J connectivity index is 1.70. The first kappa shape index (κ1) is 35.9. The number of aryl methyl sites for hydroxylation is 1. The molecule has 0 radical (unpaired) electrons. The standard InChI is InChI=1S/C31H31F9N6O3/c1-3-22-15-28(31(38,39)40,23-6-4-5-7-24(23)46(22)25(47)18-8-10-19(11-9-18)26(48)49)45(27-41-43-44(2)42-27)16-17-12-20(29(32,33)34)14-21(13-17)30(35,36)37/h4-7,12-14,18-19,22H,3,8-11,15-16H2,1-2H3,(H,48,49)/t18?,19?,22-,28?/m1/s1. The number of fused-ring (bicyclic) bond motifs is 1. The molecule has 2 heterocycles. The van der Waals surface area contributed by atoms with Gasteiger partial charge in [0.05, 0.1) is 24.1 Å². The molecule has 0 spiro atoms. The fourth-order valence-corrected chi connectivity index (χ4v) is 6.91. The van der Waals surface area contributed by atoms with Crippen LogP contribution < -0.4 is 9.80 Å². The highest BCUT2D eigenvalue weighted by atomic mass is 19.4. The Labute approximate surface area is 273 Å². The Hall–Kier alpha value is -4.38. The number of anilines is 2. The monoisotopic (exact) mass is 706 g/mol. The van der Waals surface area contributed by atoms with Gasteiger partial charge >= 0.3 is 24.5 Å². The number of aliphatic carboxylic acids is 1. The van der Waals surface area contributed by atoms with Crippen LogP contribution in [0, 0.1) is 11.8 Å². The molecular weight excluding hydrogens is 675 g/mol. The number of para-hydroxylation sites is 1. The molecule has 2 aliphatic rings. The van der Waals surface area contributed by atoms with E-state index < -0.39 is 95.0 Å². The molecule has 266 valence electrons. The number of tetrazole rings is 1. The van der Waals surface area contributed by atoms with Gasteiger partial charge in [-0.3, -0.25) is 9.59 Å². The number of amides is 1. The molecule has 1 N–H and O–H groups in total. The van der Waals surface area contributed by atoms with E-state index in [-0.39, 0.29) is 43.9 Å². The molecule has 2 aromatic carbocycles. The van der Waals surface area contributed by atoms with Crippen molar-refractivity contribution in [1.82, 2.24) is 20.2 Å². The summed E-state index contributed by atoms with van der Waals surface area (Å²) < 4.78 is 130. The fraction of sp³-hybridized carbons (Fsp3) is 0.516. The van der Waals surface area contributed by atoms with Gasteiger partial charge in [0.15, 0.2) is 5.54 Å². The van der Waals surface area contributed by atoms with Crippen molar-refractivity contribution in [2.24, 2.45) is 18.9 Å². The predicted octanol–water partition coefficient (Wildman–Crippen LogP) is 7.12. The zero-order chi connectivity index (χ0) is 36.1. The number of nitrogens with zero attached hydrogens (tertiary/aromatic N) is 6. The highest BCUT2D eigenvalue weighted by Gasteiger charge is 2.65. The second-order valence-corrected chi connectivity index (χ2v) is 12.3. The summed E-state index contributed by atoms with van der Waals surface area (Å²) in [4.78, 5) is 28.1. The van der Waals surface area contributed by atoms with Gasteiger partial charge in [0.25, 0.3) is 5.95 Å². The normalized spacial score (nSPS) is 23.2. The van der Waals surface area contributed by atoms with Crippen molar-refractivity contribution in [2.45, 2.75) is 82.1 Å². The van der Waals surface area contributed by atoms with E-state index in [0.717, 1.165) is 10.9 Å². The SMILES string of the molecule is CC[C@@H]1CC(N(Cc2cc(C(F)(F)F)cc(C(F)(F)F)c2)c2nnn(C)n2)(C(F)(F)F)c2ccccc2N1C(=O)C1CCC(C(=O)O)CC1. The van der Waals surface area contributed by atoms with Crippen LogP contribution in [0.3, 0.4) is 0 Å². The molecule has 1 unspecified atom stereocenters. The third kappa shape index (κ3) is 6.77. The van der Waals surface area contributed by atoms with Crippen molar-refractivity contribution in [1.29, 1.82) is 0 Å². The van der Waals surface area contributed by atoms with E-state index in [1.54, 1.807) is 6.92 Å². The van der Waals surface area contributed by atoms with Crippen molar-refractivity contribution in [3.8, 4) is 0 Å². The lowest BCUT2D eigenvalue weighted by Gasteiger charge is -2.53. The lowest BCUT2D eigenvalue weighted by Crippen LogP contribution is -2.63. The van der Waals surface area contributed by atoms with Gasteiger partial charge in [-0.2, -0.15) is 44.3 Å². The molecule has 0 bridgehead atoms. The van der Waals surface area contributed by atoms with E-state index in [1.165, 1.54) is 30.1 Å². The second-order valence-electron chi connectivity index (χ2n) is 12.3. The van der Waals surface area contributed by atoms with Gasteiger partial charge in [-0.25, -0.2) is 0 Å². The summed E-state index contributed by atoms with van der Waals surface area (Å²) >= 11 is 0. The van der Waals surface area contributed by atoms with Gasteiger partial charge in [-0.1, -0.05) is 30.2 Å². The maximum absolute atomic E-state index is 15.9. The highest BCUT2D eigenvalue weighted by molar-refractivity contribution is 5.97. The smallest absolute Gasteiger partial charge is 0.416 e. The lowest BCUT2D eigenvalue weighted by atomic mass is 9.74. The van der Waals surface area contributed by atoms with E-state index >= 15 is 13.2 Å². The zero-order valence-corrected chi connectivity index (χ0v) is 26.1. The number of rotatable bonds is 7. The topological polar surface area (TPSA) is 104 Å². The van der Waals surface area contributed by atoms with Crippen LogP contribution in [0.4, 0.5) is 51.1 Å². The molecule has 1 saturated carbocycles. The van der Waals surface area contributed by atoms with Gasteiger partial charge < -0.3 is 14.9 Å². The van der Waals surface area contributed by atoms with Gasteiger partial charge in [0.2, 0.25) is 5.91 Å². The Kier molecular flexibility index (Phi) is 9.40. The number of hydrogen-bond donors (Lipinski definition) is 1. The van der Waals surface area contributed by atoms with Crippen LogP contribution in [-0.4, -0.2) is 49.4 Å². The van der Waals surface area contributed by atoms with Crippen LogP contribution in [0.2, 0.25) is 0 Å². The number of hydrogen-bond acceptors (Lipinski definition) is 6. The molecule has 1 aliphatic carbocycles. The number of carbonyl (C=O) groups is 2. The molecule has 1 fully saturated rings. The van der Waals surface area contributed by atoms with E-state index in [9.17, 15) is 41.0 Å². The van der Waals surface area contributed by atoms with Gasteiger partial charge in [-0.05, 0) is 67.1 Å². The van der Waals surface area contributed by atoms with E-state index in [2.05, 4.69) is 15.4 Å². The van der Waals surface area contributed by atoms with Gasteiger partial charge in [0.1, 0.15) is 0 Å². The first-order chi connectivity index (χ1) is 22.8. The molecule has 49 heavy (non-hydrogen) atoms. The third-order valence-corrected chi connectivity index (χ3v) is 9.30. The van der Waals surface area contributed by atoms with E-state index in [1.807, 2.05) is 0 Å². The Morgan fingerprint density at radius 3 is 1.98 bits per heavy atom. The molecular formula is C31H31F9N6O3. The first-order valence-corrected chi connectivity index (χ1v) is 15.3. The van der Waals surface area contributed by atoms with Crippen LogP contribution in [0.15, 0.2) is 42.5 Å². The molecule has 2 atom stereocenters. The van der Waals surface area contributed by atoms with Crippen molar-refractivity contribution in [3.05, 3.63) is 64.7 Å². The van der Waals surface area contributed by atoms with Gasteiger partial charge in [0, 0.05) is 36.2 Å². The zero-order valence-electron chi connectivity index (χ0n) is 26.1. The van der Waals surface area contributed by atoms with Gasteiger partial charge in [-0.15, -0.1) is 5.10 Å². The summed E-state index contributed by atoms with van der Waals surface area (Å²) in [6.45, 7) is 0.394. The molecule has 1 amide bonds. The molecule has 1 aromatic heterocycles. The molecule has 18 heteroatoms. The average Bonchev–Trinajstić information content (AvgIpc) is 3.46. The van der Waals surface area contributed by atoms with Crippen LogP contribution in [0.25, 0.3) is 0 Å². The van der Waals surface area contributed by atoms with Crippen molar-refractivity contribution in [2.75, 3.05) is 9.80 Å². The quantitative estimate of drug-likeness (QED) is 0.261. The number of halogens is 9. The van der Waals surface area contributed by atoms with Crippen LogP contribution in [0.5, 0.6) is 0 Å². The molecule has 1 aliphatic heterocycles. The third-order valence-electron chi connectivity index (χ3n) is 9.30. The largest absolute Gasteiger partial charge is 0.481 e. The number of alkyl halides is 9. The summed E-state index contributed by atoms with van der Waals surface area (Å²) in [6.07, 6.45) is -15.9. The summed E-state index contributed by atoms with van der Waals surface area (Å²) in [5.41, 5.74) is -7.99. The lowest BCUT2D eigenvalue weighted by molar-refractivity contribution is -0.197. The van der Waals surface area contributed by atoms with E-state index in [0.29, 0.717) is 17.0 Å². The molecule has 3 aromatic rings. The van der Waals surface area contributed by atoms with Crippen LogP contribution in [-0.2, 0) is 41.1 Å². The van der Waals surface area contributed by atoms with E-state index in [4.69, 9.17) is 0 Å². The predicted molar refractivity (Wildman–Crippen MR) is 155 cm³/mol. The van der Waals surface area contributed by atoms with Crippen molar-refractivity contribution >= 4 is 23.5 Å². The number of carbonyl (C=O) groups excluding carboxylic acids is 1. The Morgan fingerprint density at radius 2 is 1.49 bits per heavy atom. The number of aromatic nitrogens is 4. The maximum Gasteiger partial charge on any atom is 0.416 e. The minimum absolute atomic E-state index is 0.0219. The second kappa shape index (κ2) is 12.8. The summed E-state index contributed by atoms with van der Waals surface area (Å²) in [5.74, 6) is -3.56. The highest BCUT2D eigenvalue weighted by Crippen LogP contribution is 2.56. The average molecular weight is 707 g/mol. The number of carboxylic acids is 1. The van der Waals surface area contributed by atoms with Crippen LogP contribution in [0.1, 0.15) is 67.7 Å². The molecule has 0 saturated heterocycles. The summed E-state index contributed by atoms with van der Waals surface area (Å²) in [6, 6.07) is 4.50. The summed E-state index contributed by atoms with van der Waals surface area (Å²) in [5, 5.41) is 20.6. The first-order valence-electron chi connectivity index (χ1n) is 15.3. The number of carboxylic acid groups (broad SMARTS) is 1. The minimum atomic E-state index is -5.26. The molecule has 5 rings (SSSR count). The van der Waals surface area contributed by atoms with Crippen molar-refractivity contribution < 1.29 is 54.2 Å². The maximum atomic E-state index is 15.9. The fourth-order valence-electron chi connectivity index (χ4n) is 6.91. The molecule has 9 nitrogen and oxygen atoms in total. The Morgan fingerprint density at radius 1 is 0.918 bits per heavy atom. The van der Waals surface area contributed by atoms with Crippen LogP contribution >= 0.6 is 0 Å². The summed E-state index contributed by atoms with van der Waals surface area (Å²) in [7, 11) is 1.23. The minimum Gasteiger partial charge on any atom is -0.481 e.